The van der Waals surface area contributed by atoms with Gasteiger partial charge in [-0.2, -0.15) is 0 Å². The van der Waals surface area contributed by atoms with Gasteiger partial charge in [0, 0.05) is 37.6 Å². The number of amides is 1. The van der Waals surface area contributed by atoms with E-state index >= 15 is 0 Å². The molecule has 0 aliphatic heterocycles. The number of nitrogens with zero attached hydrogens (tertiary/aromatic N) is 2. The first kappa shape index (κ1) is 29.2. The Morgan fingerprint density at radius 1 is 0.794 bits per heavy atom. The van der Waals surface area contributed by atoms with E-state index < -0.39 is 0 Å². The molecule has 0 radical (unpaired) electrons. The van der Waals surface area contributed by atoms with Crippen LogP contribution in [0.3, 0.4) is 0 Å². The number of quaternary nitrogens is 1. The number of halogens is 4. The largest absolute Gasteiger partial charge is 1.00 e. The Bertz CT molecular complexity index is 1050. The van der Waals surface area contributed by atoms with Gasteiger partial charge in [-0.3, -0.25) is 4.79 Å². The summed E-state index contributed by atoms with van der Waals surface area (Å²) in [5, 5.41) is 0. The quantitative estimate of drug-likeness (QED) is 0.221. The average molecular weight is 718 g/mol. The lowest BCUT2D eigenvalue weighted by molar-refractivity contribution is -0.903. The number of rotatable bonds is 10. The summed E-state index contributed by atoms with van der Waals surface area (Å²) in [6.07, 6.45) is 2.03. The van der Waals surface area contributed by atoms with Gasteiger partial charge in [0.25, 0.3) is 5.91 Å². The van der Waals surface area contributed by atoms with Gasteiger partial charge in [-0.15, -0.1) is 0 Å². The number of hydrogen-bond donors (Lipinski definition) is 0. The van der Waals surface area contributed by atoms with E-state index in [1.807, 2.05) is 41.3 Å². The first-order valence-electron chi connectivity index (χ1n) is 11.1. The topological polar surface area (TPSA) is 20.3 Å². The molecule has 0 saturated carbocycles. The molecule has 0 N–H and O–H groups in total. The lowest BCUT2D eigenvalue weighted by atomic mass is 10.1. The van der Waals surface area contributed by atoms with Crippen molar-refractivity contribution in [2.45, 2.75) is 25.9 Å². The third-order valence-corrected chi connectivity index (χ3v) is 7.16. The number of carbonyl (C=O) groups is 1. The Morgan fingerprint density at radius 2 is 1.38 bits per heavy atom. The highest BCUT2D eigenvalue weighted by Crippen LogP contribution is 2.19. The summed E-state index contributed by atoms with van der Waals surface area (Å²) in [4.78, 5) is 15.3. The molecular formula is C27H30Br4N2O. The van der Waals surface area contributed by atoms with Crippen LogP contribution in [0.2, 0.25) is 0 Å². The zero-order chi connectivity index (χ0) is 23.8. The van der Waals surface area contributed by atoms with E-state index in [9.17, 15) is 4.79 Å². The smallest absolute Gasteiger partial charge is 0.254 e. The van der Waals surface area contributed by atoms with Crippen LogP contribution in [0.25, 0.3) is 0 Å². The maximum atomic E-state index is 13.3. The van der Waals surface area contributed by atoms with Gasteiger partial charge in [0.05, 0.1) is 20.6 Å². The Balaban J connectivity index is 0.00000408. The summed E-state index contributed by atoms with van der Waals surface area (Å²) >= 11 is 10.5. The molecule has 34 heavy (non-hydrogen) atoms. The van der Waals surface area contributed by atoms with Crippen LogP contribution in [0.5, 0.6) is 0 Å². The minimum Gasteiger partial charge on any atom is -1.00 e. The van der Waals surface area contributed by atoms with E-state index in [1.165, 1.54) is 5.56 Å². The highest BCUT2D eigenvalue weighted by molar-refractivity contribution is 9.11. The van der Waals surface area contributed by atoms with Crippen molar-refractivity contribution in [2.24, 2.45) is 0 Å². The maximum Gasteiger partial charge on any atom is 0.254 e. The second-order valence-corrected chi connectivity index (χ2v) is 11.8. The number of unbranched alkanes of at least 4 members (excludes halogenated alkanes) is 1. The van der Waals surface area contributed by atoms with Gasteiger partial charge < -0.3 is 26.4 Å². The molecule has 0 aliphatic carbocycles. The maximum absolute atomic E-state index is 13.3. The van der Waals surface area contributed by atoms with Gasteiger partial charge >= 0.3 is 0 Å². The molecular weight excluding hydrogens is 688 g/mol. The molecule has 0 fully saturated rings. The lowest BCUT2D eigenvalue weighted by Gasteiger charge is -2.30. The predicted octanol–water partition coefficient (Wildman–Crippen LogP) is 4.68. The molecule has 3 aromatic rings. The molecule has 0 saturated heterocycles. The van der Waals surface area contributed by atoms with Crippen molar-refractivity contribution in [2.75, 3.05) is 27.2 Å². The van der Waals surface area contributed by atoms with E-state index in [0.29, 0.717) is 12.1 Å². The lowest BCUT2D eigenvalue weighted by Crippen LogP contribution is -3.00. The van der Waals surface area contributed by atoms with E-state index in [1.54, 1.807) is 0 Å². The van der Waals surface area contributed by atoms with Crippen LogP contribution in [-0.2, 0) is 13.1 Å². The summed E-state index contributed by atoms with van der Waals surface area (Å²) in [7, 11) is 4.54. The summed E-state index contributed by atoms with van der Waals surface area (Å²) in [5.74, 6) is 0.0721. The first-order valence-corrected chi connectivity index (χ1v) is 13.5. The molecule has 1 amide bonds. The van der Waals surface area contributed by atoms with Crippen molar-refractivity contribution in [3.05, 3.63) is 103 Å². The normalized spacial score (nSPS) is 11.1. The van der Waals surface area contributed by atoms with Gasteiger partial charge in [0.15, 0.2) is 0 Å². The number of benzene rings is 3. The van der Waals surface area contributed by atoms with E-state index in [4.69, 9.17) is 0 Å². The van der Waals surface area contributed by atoms with Gasteiger partial charge in [-0.05, 0) is 60.9 Å². The Morgan fingerprint density at radius 3 is 1.97 bits per heavy atom. The zero-order valence-electron chi connectivity index (χ0n) is 19.5. The third-order valence-electron chi connectivity index (χ3n) is 5.61. The summed E-state index contributed by atoms with van der Waals surface area (Å²) < 4.78 is 4.00. The fraction of sp³-hybridized carbons (Fsp3) is 0.296. The third kappa shape index (κ3) is 9.57. The van der Waals surface area contributed by atoms with Crippen molar-refractivity contribution >= 4 is 53.7 Å². The van der Waals surface area contributed by atoms with Crippen molar-refractivity contribution < 1.29 is 26.3 Å². The van der Waals surface area contributed by atoms with Crippen molar-refractivity contribution in [3.8, 4) is 0 Å². The van der Waals surface area contributed by atoms with Crippen LogP contribution in [0, 0.1) is 0 Å². The van der Waals surface area contributed by atoms with Gasteiger partial charge in [0.2, 0.25) is 0 Å². The molecule has 0 bridgehead atoms. The molecule has 3 rings (SSSR count). The van der Waals surface area contributed by atoms with E-state index in [2.05, 4.69) is 98.3 Å². The molecule has 0 heterocycles. The Kier molecular flexibility index (Phi) is 12.0. The standard InChI is InChI=1S/C27H30Br3N2O.BrH/c1-32(2,20-22-10-14-25(29)15-11-22)17-4-3-16-31(19-21-8-12-24(28)13-9-21)27(33)23-6-5-7-26(30)18-23;/h5-15,18H,3-4,16-17,19-20H2,1-2H3;1H/q+1;/p-1. The fourth-order valence-corrected chi connectivity index (χ4v) is 4.80. The minimum atomic E-state index is 0. The molecule has 0 aromatic heterocycles. The summed E-state index contributed by atoms with van der Waals surface area (Å²) in [6.45, 7) is 3.40. The van der Waals surface area contributed by atoms with Gasteiger partial charge in [-0.25, -0.2) is 0 Å². The highest BCUT2D eigenvalue weighted by atomic mass is 79.9. The number of carbonyl (C=O) groups excluding carboxylic acids is 1. The van der Waals surface area contributed by atoms with E-state index in [0.717, 1.165) is 55.9 Å². The van der Waals surface area contributed by atoms with E-state index in [-0.39, 0.29) is 22.9 Å². The molecule has 3 nitrogen and oxygen atoms in total. The van der Waals surface area contributed by atoms with Gasteiger partial charge in [0.1, 0.15) is 6.54 Å². The minimum absolute atomic E-state index is 0. The van der Waals surface area contributed by atoms with Crippen LogP contribution >= 0.6 is 47.8 Å². The highest BCUT2D eigenvalue weighted by Gasteiger charge is 2.19. The van der Waals surface area contributed by atoms with Crippen LogP contribution in [-0.4, -0.2) is 42.5 Å². The fourth-order valence-electron chi connectivity index (χ4n) is 3.87. The monoisotopic (exact) mass is 714 g/mol. The van der Waals surface area contributed by atoms with Crippen molar-refractivity contribution in [1.29, 1.82) is 0 Å². The molecule has 0 aliphatic rings. The summed E-state index contributed by atoms with van der Waals surface area (Å²) in [5.41, 5.74) is 3.19. The molecule has 0 atom stereocenters. The van der Waals surface area contributed by atoms with Crippen LogP contribution < -0.4 is 17.0 Å². The average Bonchev–Trinajstić information content (AvgIpc) is 2.78. The van der Waals surface area contributed by atoms with Gasteiger partial charge in [-0.1, -0.05) is 78.1 Å². The molecule has 3 aromatic carbocycles. The molecule has 7 heteroatoms. The van der Waals surface area contributed by atoms with Crippen LogP contribution in [0.4, 0.5) is 0 Å². The zero-order valence-corrected chi connectivity index (χ0v) is 25.8. The molecule has 0 unspecified atom stereocenters. The first-order chi connectivity index (χ1) is 15.7. The van der Waals surface area contributed by atoms with Crippen LogP contribution in [0.1, 0.15) is 34.3 Å². The SMILES string of the molecule is C[N+](C)(CCCCN(Cc1ccc(Br)cc1)C(=O)c1cccc(Br)c1)Cc1ccc(Br)cc1.[Br-]. The predicted molar refractivity (Wildman–Crippen MR) is 147 cm³/mol. The van der Waals surface area contributed by atoms with Crippen LogP contribution in [0.15, 0.2) is 86.2 Å². The number of hydrogen-bond acceptors (Lipinski definition) is 1. The summed E-state index contributed by atoms with van der Waals surface area (Å²) in [6, 6.07) is 24.4. The van der Waals surface area contributed by atoms with Crippen molar-refractivity contribution in [3.63, 3.8) is 0 Å². The molecule has 0 spiro atoms. The Hall–Kier alpha value is -0.990. The second kappa shape index (κ2) is 13.9. The molecule has 182 valence electrons. The second-order valence-electron chi connectivity index (χ2n) is 9.01. The van der Waals surface area contributed by atoms with Crippen molar-refractivity contribution in [1.82, 2.24) is 4.90 Å². The Labute approximate surface area is 239 Å².